The fourth-order valence-electron chi connectivity index (χ4n) is 1.30. The van der Waals surface area contributed by atoms with Crippen LogP contribution in [-0.2, 0) is 14.8 Å². The van der Waals surface area contributed by atoms with Crippen LogP contribution in [0.3, 0.4) is 0 Å². The summed E-state index contributed by atoms with van der Waals surface area (Å²) in [5.74, 6) is -0.314. The van der Waals surface area contributed by atoms with Crippen molar-refractivity contribution in [3.8, 4) is 0 Å². The van der Waals surface area contributed by atoms with Gasteiger partial charge < -0.3 is 10.0 Å². The van der Waals surface area contributed by atoms with E-state index in [-0.39, 0.29) is 31.2 Å². The molecule has 0 aromatic heterocycles. The number of likely N-dealkylation sites (tertiary alicyclic amines) is 1. The molecule has 1 aliphatic heterocycles. The number of rotatable bonds is 4. The van der Waals surface area contributed by atoms with Gasteiger partial charge in [0, 0.05) is 13.1 Å². The fourth-order valence-corrected chi connectivity index (χ4v) is 1.96. The van der Waals surface area contributed by atoms with Gasteiger partial charge in [0.05, 0.1) is 18.3 Å². The van der Waals surface area contributed by atoms with Crippen molar-refractivity contribution >= 4 is 15.9 Å². The van der Waals surface area contributed by atoms with Gasteiger partial charge in [-0.2, -0.15) is 0 Å². The summed E-state index contributed by atoms with van der Waals surface area (Å²) in [7, 11) is -1.94. The topological polar surface area (TPSA) is 86.7 Å². The SMILES string of the molecule is CNS(=O)(=O)CCN1CC(O)CC1=O. The third-order valence-electron chi connectivity index (χ3n) is 2.14. The minimum Gasteiger partial charge on any atom is -0.391 e. The molecular formula is C7H14N2O4S. The Bertz CT molecular complexity index is 314. The van der Waals surface area contributed by atoms with E-state index in [1.165, 1.54) is 11.9 Å². The maximum absolute atomic E-state index is 11.1. The summed E-state index contributed by atoms with van der Waals surface area (Å²) in [6.45, 7) is 0.372. The molecule has 0 spiro atoms. The summed E-state index contributed by atoms with van der Waals surface area (Å²) in [6.07, 6.45) is -0.556. The van der Waals surface area contributed by atoms with Crippen molar-refractivity contribution in [2.45, 2.75) is 12.5 Å². The number of sulfonamides is 1. The molecule has 1 aliphatic rings. The van der Waals surface area contributed by atoms with Crippen molar-refractivity contribution in [2.75, 3.05) is 25.9 Å². The van der Waals surface area contributed by atoms with E-state index in [0.29, 0.717) is 0 Å². The van der Waals surface area contributed by atoms with Gasteiger partial charge in [-0.15, -0.1) is 0 Å². The lowest BCUT2D eigenvalue weighted by Crippen LogP contribution is -2.34. The molecule has 6 nitrogen and oxygen atoms in total. The Morgan fingerprint density at radius 2 is 2.29 bits per heavy atom. The maximum atomic E-state index is 11.1. The van der Waals surface area contributed by atoms with Crippen molar-refractivity contribution in [3.05, 3.63) is 0 Å². The standard InChI is InChI=1S/C7H14N2O4S/c1-8-14(12,13)3-2-9-5-6(10)4-7(9)11/h6,8,10H,2-5H2,1H3. The molecule has 1 saturated heterocycles. The zero-order valence-electron chi connectivity index (χ0n) is 7.93. The highest BCUT2D eigenvalue weighted by Crippen LogP contribution is 2.10. The zero-order valence-corrected chi connectivity index (χ0v) is 8.75. The van der Waals surface area contributed by atoms with Crippen molar-refractivity contribution in [2.24, 2.45) is 0 Å². The quantitative estimate of drug-likeness (QED) is 0.583. The first-order chi connectivity index (χ1) is 6.44. The van der Waals surface area contributed by atoms with Crippen molar-refractivity contribution in [1.29, 1.82) is 0 Å². The van der Waals surface area contributed by atoms with Gasteiger partial charge >= 0.3 is 0 Å². The molecule has 1 unspecified atom stereocenters. The second-order valence-corrected chi connectivity index (χ2v) is 5.27. The molecule has 14 heavy (non-hydrogen) atoms. The first-order valence-corrected chi connectivity index (χ1v) is 5.97. The second-order valence-electron chi connectivity index (χ2n) is 3.22. The Morgan fingerprint density at radius 1 is 1.64 bits per heavy atom. The first kappa shape index (κ1) is 11.4. The van der Waals surface area contributed by atoms with Crippen molar-refractivity contribution < 1.29 is 18.3 Å². The highest BCUT2D eigenvalue weighted by molar-refractivity contribution is 7.89. The van der Waals surface area contributed by atoms with Crippen LogP contribution in [0.1, 0.15) is 6.42 Å². The summed E-state index contributed by atoms with van der Waals surface area (Å²) in [4.78, 5) is 12.5. The van der Waals surface area contributed by atoms with E-state index in [2.05, 4.69) is 4.72 Å². The normalized spacial score (nSPS) is 23.1. The summed E-state index contributed by atoms with van der Waals surface area (Å²) in [5.41, 5.74) is 0. The van der Waals surface area contributed by atoms with Crippen LogP contribution in [0.15, 0.2) is 0 Å². The lowest BCUT2D eigenvalue weighted by atomic mass is 10.3. The fraction of sp³-hybridized carbons (Fsp3) is 0.857. The van der Waals surface area contributed by atoms with E-state index in [0.717, 1.165) is 0 Å². The minimum absolute atomic E-state index is 0.0968. The van der Waals surface area contributed by atoms with E-state index < -0.39 is 16.1 Å². The number of nitrogens with one attached hydrogen (secondary N) is 1. The van der Waals surface area contributed by atoms with Crippen LogP contribution >= 0.6 is 0 Å². The van der Waals surface area contributed by atoms with E-state index in [1.807, 2.05) is 0 Å². The van der Waals surface area contributed by atoms with Crippen LogP contribution in [0.4, 0.5) is 0 Å². The first-order valence-electron chi connectivity index (χ1n) is 4.31. The number of aliphatic hydroxyl groups excluding tert-OH is 1. The van der Waals surface area contributed by atoms with Gasteiger partial charge in [-0.3, -0.25) is 4.79 Å². The lowest BCUT2D eigenvalue weighted by molar-refractivity contribution is -0.127. The lowest BCUT2D eigenvalue weighted by Gasteiger charge is -2.14. The minimum atomic E-state index is -3.27. The van der Waals surface area contributed by atoms with E-state index >= 15 is 0 Å². The predicted molar refractivity (Wildman–Crippen MR) is 50.1 cm³/mol. The van der Waals surface area contributed by atoms with Gasteiger partial charge in [0.15, 0.2) is 0 Å². The summed E-state index contributed by atoms with van der Waals surface area (Å²) < 4.78 is 24.2. The van der Waals surface area contributed by atoms with Gasteiger partial charge in [0.1, 0.15) is 0 Å². The summed E-state index contributed by atoms with van der Waals surface area (Å²) in [5, 5.41) is 9.13. The predicted octanol–water partition coefficient (Wildman–Crippen LogP) is -1.87. The van der Waals surface area contributed by atoms with E-state index in [1.54, 1.807) is 0 Å². The summed E-state index contributed by atoms with van der Waals surface area (Å²) >= 11 is 0. The molecule has 2 N–H and O–H groups in total. The van der Waals surface area contributed by atoms with Gasteiger partial charge in [-0.1, -0.05) is 0 Å². The number of carbonyl (C=O) groups is 1. The number of aliphatic hydroxyl groups is 1. The molecule has 1 amide bonds. The van der Waals surface area contributed by atoms with Gasteiger partial charge in [-0.05, 0) is 7.05 Å². The Morgan fingerprint density at radius 3 is 2.71 bits per heavy atom. The Hall–Kier alpha value is -0.660. The van der Waals surface area contributed by atoms with Crippen LogP contribution in [0.5, 0.6) is 0 Å². The van der Waals surface area contributed by atoms with Crippen LogP contribution < -0.4 is 4.72 Å². The molecular weight excluding hydrogens is 208 g/mol. The molecule has 0 saturated carbocycles. The van der Waals surface area contributed by atoms with Gasteiger partial charge in [0.25, 0.3) is 0 Å². The van der Waals surface area contributed by atoms with Crippen LogP contribution in [0.2, 0.25) is 0 Å². The zero-order chi connectivity index (χ0) is 10.8. The number of carbonyl (C=O) groups excluding carboxylic acids is 1. The Balaban J connectivity index is 2.43. The summed E-state index contributed by atoms with van der Waals surface area (Å²) in [6, 6.07) is 0. The number of nitrogens with zero attached hydrogens (tertiary/aromatic N) is 1. The third kappa shape index (κ3) is 2.93. The number of hydrogen-bond acceptors (Lipinski definition) is 4. The van der Waals surface area contributed by atoms with E-state index in [9.17, 15) is 13.2 Å². The van der Waals surface area contributed by atoms with Crippen molar-refractivity contribution in [1.82, 2.24) is 9.62 Å². The molecule has 0 aliphatic carbocycles. The molecule has 0 bridgehead atoms. The monoisotopic (exact) mass is 222 g/mol. The largest absolute Gasteiger partial charge is 0.391 e. The number of amides is 1. The smallest absolute Gasteiger partial charge is 0.225 e. The van der Waals surface area contributed by atoms with Crippen molar-refractivity contribution in [3.63, 3.8) is 0 Å². The average Bonchev–Trinajstić information content (AvgIpc) is 2.42. The third-order valence-corrected chi connectivity index (χ3v) is 3.48. The molecule has 82 valence electrons. The molecule has 0 aromatic rings. The van der Waals surface area contributed by atoms with Crippen LogP contribution in [0, 0.1) is 0 Å². The molecule has 1 fully saturated rings. The highest BCUT2D eigenvalue weighted by Gasteiger charge is 2.28. The van der Waals surface area contributed by atoms with Crippen LogP contribution in [-0.4, -0.2) is 56.3 Å². The molecule has 1 rings (SSSR count). The average molecular weight is 222 g/mol. The highest BCUT2D eigenvalue weighted by atomic mass is 32.2. The number of hydrogen-bond donors (Lipinski definition) is 2. The molecule has 0 aromatic carbocycles. The molecule has 1 atom stereocenters. The second kappa shape index (κ2) is 4.24. The van der Waals surface area contributed by atoms with Gasteiger partial charge in [-0.25, -0.2) is 13.1 Å². The molecule has 7 heteroatoms. The Kier molecular flexibility index (Phi) is 3.46. The molecule has 0 radical (unpaired) electrons. The van der Waals surface area contributed by atoms with Crippen LogP contribution in [0.25, 0.3) is 0 Å². The maximum Gasteiger partial charge on any atom is 0.225 e. The Labute approximate surface area is 82.9 Å². The number of β-amino-alcohol motifs (C(OH)–C–C–N with tert-alkyl or cyclic N) is 1. The van der Waals surface area contributed by atoms with Gasteiger partial charge in [0.2, 0.25) is 15.9 Å². The molecule has 1 heterocycles. The van der Waals surface area contributed by atoms with E-state index in [4.69, 9.17) is 5.11 Å².